The Morgan fingerprint density at radius 2 is 1.96 bits per heavy atom. The molecule has 8 heteroatoms. The molecule has 0 bridgehead atoms. The normalized spacial score (nSPS) is 21.7. The van der Waals surface area contributed by atoms with E-state index in [9.17, 15) is 23.1 Å². The van der Waals surface area contributed by atoms with Crippen molar-refractivity contribution in [3.8, 4) is 0 Å². The summed E-state index contributed by atoms with van der Waals surface area (Å²) in [6.45, 7) is 3.66. The number of carbonyl (C=O) groups is 1. The Kier molecular flexibility index (Phi) is 4.86. The highest BCUT2D eigenvalue weighted by molar-refractivity contribution is 9.10. The molecule has 2 rings (SSSR count). The van der Waals surface area contributed by atoms with E-state index < -0.39 is 24.2 Å². The van der Waals surface area contributed by atoms with Gasteiger partial charge in [0, 0.05) is 22.2 Å². The monoisotopic (exact) mass is 392 g/mol. The molecule has 1 aromatic carbocycles. The molecule has 0 fully saturated rings. The number of hydrogen-bond acceptors (Lipinski definition) is 3. The molecule has 0 aliphatic carbocycles. The lowest BCUT2D eigenvalue weighted by Crippen LogP contribution is -2.56. The van der Waals surface area contributed by atoms with Crippen molar-refractivity contribution in [1.29, 1.82) is 0 Å². The van der Waals surface area contributed by atoms with Crippen LogP contribution in [0, 0.1) is 5.92 Å². The van der Waals surface area contributed by atoms with Gasteiger partial charge in [-0.05, 0) is 36.6 Å². The molecule has 126 valence electrons. The van der Waals surface area contributed by atoms with Gasteiger partial charge in [-0.15, -0.1) is 0 Å². The third kappa shape index (κ3) is 3.58. The second-order valence-electron chi connectivity index (χ2n) is 5.88. The number of carbonyl (C=O) groups excluding carboxylic acids is 1. The molecule has 1 aliphatic rings. The summed E-state index contributed by atoms with van der Waals surface area (Å²) in [7, 11) is 0. The molecule has 0 unspecified atom stereocenters. The zero-order valence-electron chi connectivity index (χ0n) is 12.6. The van der Waals surface area contributed by atoms with E-state index in [1.165, 1.54) is 24.3 Å². The van der Waals surface area contributed by atoms with Crippen LogP contribution in [0.1, 0.15) is 37.0 Å². The van der Waals surface area contributed by atoms with Crippen LogP contribution in [0.3, 0.4) is 0 Å². The zero-order chi connectivity index (χ0) is 17.4. The highest BCUT2D eigenvalue weighted by atomic mass is 79.9. The Hall–Kier alpha value is -1.41. The summed E-state index contributed by atoms with van der Waals surface area (Å²) in [5.74, 6) is -0.926. The minimum atomic E-state index is -5.00. The largest absolute Gasteiger partial charge is 0.438 e. The molecule has 1 aliphatic heterocycles. The second-order valence-corrected chi connectivity index (χ2v) is 6.79. The summed E-state index contributed by atoms with van der Waals surface area (Å²) in [4.78, 5) is 12.4. The van der Waals surface area contributed by atoms with Crippen molar-refractivity contribution in [3.05, 3.63) is 34.3 Å². The van der Waals surface area contributed by atoms with Gasteiger partial charge in [0.05, 0.1) is 0 Å². The van der Waals surface area contributed by atoms with E-state index in [2.05, 4.69) is 21.0 Å². The molecule has 0 spiro atoms. The number of benzene rings is 1. The predicted octanol–water partition coefficient (Wildman–Crippen LogP) is 3.95. The third-order valence-corrected chi connectivity index (χ3v) is 3.95. The highest BCUT2D eigenvalue weighted by Crippen LogP contribution is 2.41. The van der Waals surface area contributed by atoms with E-state index in [1.54, 1.807) is 0 Å². The molecule has 1 N–H and O–H groups in total. The lowest BCUT2D eigenvalue weighted by Gasteiger charge is -2.32. The first-order valence-corrected chi connectivity index (χ1v) is 7.79. The van der Waals surface area contributed by atoms with E-state index in [0.29, 0.717) is 4.47 Å². The van der Waals surface area contributed by atoms with Gasteiger partial charge in [0.15, 0.2) is 0 Å². The Labute approximate surface area is 140 Å². The second kappa shape index (κ2) is 6.24. The van der Waals surface area contributed by atoms with Crippen LogP contribution in [-0.4, -0.2) is 33.6 Å². The number of alkyl halides is 3. The van der Waals surface area contributed by atoms with Gasteiger partial charge in [-0.2, -0.15) is 23.3 Å². The maximum atomic E-state index is 13.3. The van der Waals surface area contributed by atoms with Crippen LogP contribution in [0.15, 0.2) is 33.8 Å². The van der Waals surface area contributed by atoms with E-state index >= 15 is 0 Å². The Balaban J connectivity index is 2.39. The topological polar surface area (TPSA) is 52.9 Å². The molecule has 1 atom stereocenters. The van der Waals surface area contributed by atoms with Gasteiger partial charge in [0.1, 0.15) is 0 Å². The van der Waals surface area contributed by atoms with Gasteiger partial charge >= 0.3 is 6.18 Å². The number of nitrogens with zero attached hydrogens (tertiary/aromatic N) is 2. The van der Waals surface area contributed by atoms with Crippen LogP contribution in [-0.2, 0) is 0 Å². The van der Waals surface area contributed by atoms with Crippen molar-refractivity contribution in [2.24, 2.45) is 11.0 Å². The fourth-order valence-corrected chi connectivity index (χ4v) is 2.62. The molecule has 0 saturated heterocycles. The molecule has 1 heterocycles. The van der Waals surface area contributed by atoms with Crippen molar-refractivity contribution in [2.45, 2.75) is 38.6 Å². The standard InChI is InChI=1S/C15H16BrF3N2O2/c1-9(2)7-12-8-14(23,15(17,18)19)21(20-12)13(22)10-3-5-11(16)6-4-10/h3-6,9,23H,7-8H2,1-2H3/t14-/m1/s1. The summed E-state index contributed by atoms with van der Waals surface area (Å²) in [6.07, 6.45) is -5.44. The molecule has 0 radical (unpaired) electrons. The number of amides is 1. The van der Waals surface area contributed by atoms with E-state index in [1.807, 2.05) is 13.8 Å². The van der Waals surface area contributed by atoms with Crippen LogP contribution >= 0.6 is 15.9 Å². The molecule has 4 nitrogen and oxygen atoms in total. The number of hydrazone groups is 1. The van der Waals surface area contributed by atoms with Crippen molar-refractivity contribution in [2.75, 3.05) is 0 Å². The van der Waals surface area contributed by atoms with Gasteiger partial charge in [-0.1, -0.05) is 29.8 Å². The Morgan fingerprint density at radius 3 is 2.43 bits per heavy atom. The number of halogens is 4. The maximum absolute atomic E-state index is 13.3. The number of rotatable bonds is 3. The summed E-state index contributed by atoms with van der Waals surface area (Å²) in [5, 5.41) is 14.0. The van der Waals surface area contributed by atoms with Crippen molar-refractivity contribution in [1.82, 2.24) is 5.01 Å². The van der Waals surface area contributed by atoms with Gasteiger partial charge < -0.3 is 5.11 Å². The van der Waals surface area contributed by atoms with Crippen LogP contribution < -0.4 is 0 Å². The fourth-order valence-electron chi connectivity index (χ4n) is 2.35. The first-order valence-electron chi connectivity index (χ1n) is 7.00. The van der Waals surface area contributed by atoms with E-state index in [0.717, 1.165) is 0 Å². The highest BCUT2D eigenvalue weighted by Gasteiger charge is 2.63. The minimum Gasteiger partial charge on any atom is -0.362 e. The smallest absolute Gasteiger partial charge is 0.362 e. The molecular weight excluding hydrogens is 377 g/mol. The minimum absolute atomic E-state index is 0.0189. The van der Waals surface area contributed by atoms with Gasteiger partial charge in [0.2, 0.25) is 0 Å². The fraction of sp³-hybridized carbons (Fsp3) is 0.467. The molecule has 23 heavy (non-hydrogen) atoms. The van der Waals surface area contributed by atoms with Crippen molar-refractivity contribution >= 4 is 27.5 Å². The first-order chi connectivity index (χ1) is 10.5. The number of aliphatic hydroxyl groups is 1. The lowest BCUT2D eigenvalue weighted by molar-refractivity contribution is -0.297. The Morgan fingerprint density at radius 1 is 1.39 bits per heavy atom. The SMILES string of the molecule is CC(C)CC1=NN(C(=O)c2ccc(Br)cc2)[C@](O)(C(F)(F)F)C1. The lowest BCUT2D eigenvalue weighted by atomic mass is 9.99. The van der Waals surface area contributed by atoms with E-state index in [-0.39, 0.29) is 28.6 Å². The molecule has 0 saturated carbocycles. The van der Waals surface area contributed by atoms with E-state index in [4.69, 9.17) is 0 Å². The molecule has 1 amide bonds. The van der Waals surface area contributed by atoms with Crippen molar-refractivity contribution < 1.29 is 23.1 Å². The average Bonchev–Trinajstić information content (AvgIpc) is 2.75. The Bertz CT molecular complexity index is 629. The first kappa shape index (κ1) is 17.9. The predicted molar refractivity (Wildman–Crippen MR) is 82.8 cm³/mol. The summed E-state index contributed by atoms with van der Waals surface area (Å²) < 4.78 is 40.6. The molecular formula is C15H16BrF3N2O2. The summed E-state index contributed by atoms with van der Waals surface area (Å²) in [6, 6.07) is 5.82. The van der Waals surface area contributed by atoms with Crippen LogP contribution in [0.4, 0.5) is 13.2 Å². The summed E-state index contributed by atoms with van der Waals surface area (Å²) >= 11 is 3.19. The quantitative estimate of drug-likeness (QED) is 0.846. The van der Waals surface area contributed by atoms with Gasteiger partial charge in [-0.3, -0.25) is 4.79 Å². The van der Waals surface area contributed by atoms with Gasteiger partial charge in [0.25, 0.3) is 11.6 Å². The van der Waals surface area contributed by atoms with Crippen LogP contribution in [0.2, 0.25) is 0 Å². The summed E-state index contributed by atoms with van der Waals surface area (Å²) in [5.41, 5.74) is -3.13. The van der Waals surface area contributed by atoms with Crippen LogP contribution in [0.5, 0.6) is 0 Å². The zero-order valence-corrected chi connectivity index (χ0v) is 14.1. The van der Waals surface area contributed by atoms with Crippen LogP contribution in [0.25, 0.3) is 0 Å². The molecule has 1 aromatic rings. The average molecular weight is 393 g/mol. The molecule has 0 aromatic heterocycles. The number of hydrogen-bond donors (Lipinski definition) is 1. The van der Waals surface area contributed by atoms with Gasteiger partial charge in [-0.25, -0.2) is 0 Å². The maximum Gasteiger partial charge on any atom is 0.438 e. The third-order valence-electron chi connectivity index (χ3n) is 3.42. The van der Waals surface area contributed by atoms with Crippen molar-refractivity contribution in [3.63, 3.8) is 0 Å².